The zero-order valence-electron chi connectivity index (χ0n) is 13.6. The van der Waals surface area contributed by atoms with Crippen LogP contribution in [0.4, 0.5) is 5.69 Å². The normalized spacial score (nSPS) is 21.8. The molecular formula is C17H21ClN2O4. The Bertz CT molecular complexity index is 643. The van der Waals surface area contributed by atoms with E-state index in [4.69, 9.17) is 21.1 Å². The summed E-state index contributed by atoms with van der Waals surface area (Å²) in [6.45, 7) is 2.47. The summed E-state index contributed by atoms with van der Waals surface area (Å²) in [6.07, 6.45) is 3.77. The highest BCUT2D eigenvalue weighted by Gasteiger charge is 2.43. The number of halogens is 1. The molecule has 1 saturated carbocycles. The van der Waals surface area contributed by atoms with E-state index in [-0.39, 0.29) is 12.6 Å². The molecule has 130 valence electrons. The topological polar surface area (TPSA) is 76.7 Å². The average Bonchev–Trinajstić information content (AvgIpc) is 3.19. The standard InChI is InChI=1S/C17H21ClN2O4/c1-11-13(18)5-4-6-14(11)20-16(22)15(21)19-9-12-10-23-17(24-12)7-2-3-8-17/h4-6,12H,2-3,7-10H2,1H3,(H,19,21)(H,20,22)/t12-/m1/s1. The lowest BCUT2D eigenvalue weighted by Gasteiger charge is -2.21. The summed E-state index contributed by atoms with van der Waals surface area (Å²) in [5.74, 6) is -1.89. The summed E-state index contributed by atoms with van der Waals surface area (Å²) in [6, 6.07) is 5.14. The Morgan fingerprint density at radius 3 is 2.79 bits per heavy atom. The second kappa shape index (κ2) is 7.09. The van der Waals surface area contributed by atoms with Gasteiger partial charge in [-0.3, -0.25) is 9.59 Å². The van der Waals surface area contributed by atoms with Gasteiger partial charge in [-0.1, -0.05) is 17.7 Å². The molecule has 1 aliphatic heterocycles. The van der Waals surface area contributed by atoms with Crippen LogP contribution in [-0.4, -0.2) is 36.9 Å². The monoisotopic (exact) mass is 352 g/mol. The molecule has 0 unspecified atom stereocenters. The molecule has 0 bridgehead atoms. The van der Waals surface area contributed by atoms with E-state index in [0.29, 0.717) is 17.3 Å². The van der Waals surface area contributed by atoms with Crippen LogP contribution in [0.2, 0.25) is 5.02 Å². The highest BCUT2D eigenvalue weighted by Crippen LogP contribution is 2.38. The molecule has 7 heteroatoms. The Labute approximate surface area is 145 Å². The summed E-state index contributed by atoms with van der Waals surface area (Å²) in [5.41, 5.74) is 1.24. The van der Waals surface area contributed by atoms with Crippen LogP contribution in [0, 0.1) is 6.92 Å². The molecule has 24 heavy (non-hydrogen) atoms. The van der Waals surface area contributed by atoms with Crippen LogP contribution in [0.25, 0.3) is 0 Å². The predicted molar refractivity (Wildman–Crippen MR) is 89.9 cm³/mol. The van der Waals surface area contributed by atoms with Gasteiger partial charge in [-0.2, -0.15) is 0 Å². The van der Waals surface area contributed by atoms with E-state index in [1.54, 1.807) is 25.1 Å². The molecule has 2 amide bonds. The maximum Gasteiger partial charge on any atom is 0.313 e. The smallest absolute Gasteiger partial charge is 0.313 e. The molecule has 1 heterocycles. The van der Waals surface area contributed by atoms with Crippen molar-refractivity contribution in [1.29, 1.82) is 0 Å². The van der Waals surface area contributed by atoms with Gasteiger partial charge in [0, 0.05) is 30.1 Å². The first-order valence-corrected chi connectivity index (χ1v) is 8.53. The lowest BCUT2D eigenvalue weighted by molar-refractivity contribution is -0.161. The fraction of sp³-hybridized carbons (Fsp3) is 0.529. The van der Waals surface area contributed by atoms with Crippen molar-refractivity contribution in [3.63, 3.8) is 0 Å². The van der Waals surface area contributed by atoms with Crippen molar-refractivity contribution >= 4 is 29.1 Å². The molecule has 1 atom stereocenters. The third-order valence-corrected chi connectivity index (χ3v) is 4.90. The molecule has 1 saturated heterocycles. The van der Waals surface area contributed by atoms with Crippen molar-refractivity contribution in [3.8, 4) is 0 Å². The first kappa shape index (κ1) is 17.2. The molecule has 1 aliphatic carbocycles. The second-order valence-electron chi connectivity index (χ2n) is 6.25. The quantitative estimate of drug-likeness (QED) is 0.819. The van der Waals surface area contributed by atoms with Crippen molar-refractivity contribution in [2.24, 2.45) is 0 Å². The van der Waals surface area contributed by atoms with Crippen LogP contribution in [0.5, 0.6) is 0 Å². The predicted octanol–water partition coefficient (Wildman–Crippen LogP) is 2.39. The van der Waals surface area contributed by atoms with E-state index in [9.17, 15) is 9.59 Å². The number of nitrogens with one attached hydrogen (secondary N) is 2. The maximum atomic E-state index is 12.0. The Morgan fingerprint density at radius 1 is 1.29 bits per heavy atom. The highest BCUT2D eigenvalue weighted by molar-refractivity contribution is 6.40. The largest absolute Gasteiger partial charge is 0.347 e. The number of anilines is 1. The molecule has 3 rings (SSSR count). The molecule has 1 aromatic rings. The molecule has 2 fully saturated rings. The van der Waals surface area contributed by atoms with Gasteiger partial charge < -0.3 is 20.1 Å². The van der Waals surface area contributed by atoms with Crippen LogP contribution in [-0.2, 0) is 19.1 Å². The number of carbonyl (C=O) groups is 2. The van der Waals surface area contributed by atoms with Crippen molar-refractivity contribution in [2.45, 2.75) is 44.5 Å². The highest BCUT2D eigenvalue weighted by atomic mass is 35.5. The van der Waals surface area contributed by atoms with Gasteiger partial charge in [-0.15, -0.1) is 0 Å². The Balaban J connectivity index is 1.48. The number of ether oxygens (including phenoxy) is 2. The van der Waals surface area contributed by atoms with E-state index in [0.717, 1.165) is 31.2 Å². The molecule has 2 aliphatic rings. The molecule has 1 spiro atoms. The van der Waals surface area contributed by atoms with E-state index in [1.165, 1.54) is 0 Å². The molecule has 0 aromatic heterocycles. The van der Waals surface area contributed by atoms with Gasteiger partial charge in [0.25, 0.3) is 0 Å². The lowest BCUT2D eigenvalue weighted by Crippen LogP contribution is -2.40. The van der Waals surface area contributed by atoms with Gasteiger partial charge in [0.15, 0.2) is 5.79 Å². The molecule has 1 aromatic carbocycles. The SMILES string of the molecule is Cc1c(Cl)cccc1NC(=O)C(=O)NC[C@@H]1COC2(CCCC2)O1. The minimum atomic E-state index is -0.727. The molecule has 6 nitrogen and oxygen atoms in total. The zero-order valence-corrected chi connectivity index (χ0v) is 14.3. The van der Waals surface area contributed by atoms with Gasteiger partial charge in [0.1, 0.15) is 6.10 Å². The molecule has 2 N–H and O–H groups in total. The summed E-state index contributed by atoms with van der Waals surface area (Å²) in [7, 11) is 0. The number of benzene rings is 1. The fourth-order valence-electron chi connectivity index (χ4n) is 3.10. The lowest BCUT2D eigenvalue weighted by atomic mass is 10.2. The van der Waals surface area contributed by atoms with Crippen molar-refractivity contribution in [3.05, 3.63) is 28.8 Å². The zero-order chi connectivity index (χ0) is 17.2. The summed E-state index contributed by atoms with van der Waals surface area (Å²) in [5, 5.41) is 5.70. The number of hydrogen-bond donors (Lipinski definition) is 2. The number of carbonyl (C=O) groups excluding carboxylic acids is 2. The van der Waals surface area contributed by atoms with E-state index in [2.05, 4.69) is 10.6 Å². The van der Waals surface area contributed by atoms with Gasteiger partial charge in [-0.25, -0.2) is 0 Å². The van der Waals surface area contributed by atoms with Crippen LogP contribution < -0.4 is 10.6 Å². The van der Waals surface area contributed by atoms with Crippen molar-refractivity contribution in [2.75, 3.05) is 18.5 Å². The molecule has 0 radical (unpaired) electrons. The Morgan fingerprint density at radius 2 is 2.04 bits per heavy atom. The first-order chi connectivity index (χ1) is 11.5. The fourth-order valence-corrected chi connectivity index (χ4v) is 3.28. The van der Waals surface area contributed by atoms with Gasteiger partial charge in [-0.05, 0) is 37.5 Å². The third-order valence-electron chi connectivity index (χ3n) is 4.49. The van der Waals surface area contributed by atoms with Crippen molar-refractivity contribution < 1.29 is 19.1 Å². The first-order valence-electron chi connectivity index (χ1n) is 8.15. The summed E-state index contributed by atoms with van der Waals surface area (Å²) < 4.78 is 11.6. The molecular weight excluding hydrogens is 332 g/mol. The average molecular weight is 353 g/mol. The van der Waals surface area contributed by atoms with Crippen LogP contribution in [0.15, 0.2) is 18.2 Å². The Hall–Kier alpha value is -1.63. The van der Waals surface area contributed by atoms with E-state index in [1.807, 2.05) is 0 Å². The summed E-state index contributed by atoms with van der Waals surface area (Å²) in [4.78, 5) is 24.0. The van der Waals surface area contributed by atoms with E-state index < -0.39 is 17.6 Å². The Kier molecular flexibility index (Phi) is 5.08. The van der Waals surface area contributed by atoms with Crippen LogP contribution in [0.3, 0.4) is 0 Å². The van der Waals surface area contributed by atoms with Gasteiger partial charge in [0.05, 0.1) is 6.61 Å². The number of rotatable bonds is 3. The second-order valence-corrected chi connectivity index (χ2v) is 6.65. The third kappa shape index (κ3) is 3.71. The van der Waals surface area contributed by atoms with Crippen LogP contribution >= 0.6 is 11.6 Å². The van der Waals surface area contributed by atoms with Crippen molar-refractivity contribution in [1.82, 2.24) is 5.32 Å². The minimum Gasteiger partial charge on any atom is -0.347 e. The number of amides is 2. The van der Waals surface area contributed by atoms with Crippen LogP contribution in [0.1, 0.15) is 31.2 Å². The van der Waals surface area contributed by atoms with Gasteiger partial charge >= 0.3 is 11.8 Å². The maximum absolute atomic E-state index is 12.0. The summed E-state index contributed by atoms with van der Waals surface area (Å²) >= 11 is 6.00. The van der Waals surface area contributed by atoms with Gasteiger partial charge in [0.2, 0.25) is 0 Å². The number of hydrogen-bond acceptors (Lipinski definition) is 4. The van der Waals surface area contributed by atoms with E-state index >= 15 is 0 Å². The minimum absolute atomic E-state index is 0.215.